The Labute approximate surface area is 96.1 Å². The topological polar surface area (TPSA) is 67.8 Å². The van der Waals surface area contributed by atoms with Crippen LogP contribution in [0.5, 0.6) is 0 Å². The predicted molar refractivity (Wildman–Crippen MR) is 59.5 cm³/mol. The Hall–Kier alpha value is -0.650. The number of methoxy groups -OCH3 is 1. The van der Waals surface area contributed by atoms with E-state index in [9.17, 15) is 9.90 Å². The summed E-state index contributed by atoms with van der Waals surface area (Å²) >= 11 is 0. The average molecular weight is 231 g/mol. The zero-order valence-electron chi connectivity index (χ0n) is 9.99. The number of carbonyl (C=O) groups is 1. The molecule has 0 aromatic heterocycles. The van der Waals surface area contributed by atoms with Crippen LogP contribution in [0.3, 0.4) is 0 Å². The van der Waals surface area contributed by atoms with Gasteiger partial charge in [0.25, 0.3) is 0 Å². The van der Waals surface area contributed by atoms with Gasteiger partial charge in [-0.05, 0) is 12.8 Å². The van der Waals surface area contributed by atoms with Crippen LogP contribution in [-0.4, -0.2) is 49.6 Å². The minimum atomic E-state index is -0.836. The second-order valence-corrected chi connectivity index (χ2v) is 4.16. The molecule has 1 heterocycles. The molecule has 0 bridgehead atoms. The molecule has 0 radical (unpaired) electrons. The third-order valence-electron chi connectivity index (χ3n) is 3.09. The highest BCUT2D eigenvalue weighted by Crippen LogP contribution is 2.26. The van der Waals surface area contributed by atoms with Gasteiger partial charge in [0, 0.05) is 26.7 Å². The molecule has 1 aliphatic heterocycles. The van der Waals surface area contributed by atoms with Gasteiger partial charge in [0.15, 0.2) is 0 Å². The van der Waals surface area contributed by atoms with Crippen molar-refractivity contribution in [1.82, 2.24) is 5.32 Å². The van der Waals surface area contributed by atoms with Crippen LogP contribution in [0, 0.1) is 0 Å². The highest BCUT2D eigenvalue weighted by atomic mass is 16.5. The maximum absolute atomic E-state index is 11.4. The molecule has 0 saturated carbocycles. The van der Waals surface area contributed by atoms with Crippen molar-refractivity contribution in [2.75, 3.05) is 26.9 Å². The van der Waals surface area contributed by atoms with Crippen LogP contribution in [0.25, 0.3) is 0 Å². The Balaban J connectivity index is 2.60. The first-order valence-electron chi connectivity index (χ1n) is 5.73. The largest absolute Gasteiger partial charge is 0.480 e. The van der Waals surface area contributed by atoms with E-state index in [2.05, 4.69) is 5.32 Å². The Morgan fingerprint density at radius 3 is 3.00 bits per heavy atom. The van der Waals surface area contributed by atoms with Gasteiger partial charge >= 0.3 is 5.97 Å². The number of ether oxygens (including phenoxy) is 2. The molecule has 0 aromatic carbocycles. The lowest BCUT2D eigenvalue weighted by Gasteiger charge is -2.38. The molecular formula is C11H21NO4. The highest BCUT2D eigenvalue weighted by Gasteiger charge is 2.42. The van der Waals surface area contributed by atoms with Crippen LogP contribution in [0.4, 0.5) is 0 Å². The average Bonchev–Trinajstić information content (AvgIpc) is 2.29. The first kappa shape index (κ1) is 13.4. The monoisotopic (exact) mass is 231 g/mol. The molecule has 1 fully saturated rings. The summed E-state index contributed by atoms with van der Waals surface area (Å²) in [6.07, 6.45) is 1.94. The number of hydrogen-bond acceptors (Lipinski definition) is 4. The van der Waals surface area contributed by atoms with Gasteiger partial charge in [0.2, 0.25) is 0 Å². The van der Waals surface area contributed by atoms with Crippen LogP contribution in [0.15, 0.2) is 0 Å². The summed E-state index contributed by atoms with van der Waals surface area (Å²) < 4.78 is 10.4. The number of aliphatic carboxylic acids is 1. The van der Waals surface area contributed by atoms with Gasteiger partial charge in [-0.1, -0.05) is 6.92 Å². The molecule has 2 atom stereocenters. The van der Waals surface area contributed by atoms with Crippen molar-refractivity contribution in [2.24, 2.45) is 0 Å². The number of rotatable bonds is 6. The Morgan fingerprint density at radius 1 is 1.69 bits per heavy atom. The fourth-order valence-electron chi connectivity index (χ4n) is 2.03. The van der Waals surface area contributed by atoms with Crippen molar-refractivity contribution in [2.45, 2.75) is 37.8 Å². The lowest BCUT2D eigenvalue weighted by molar-refractivity contribution is -0.152. The smallest absolute Gasteiger partial charge is 0.324 e. The maximum atomic E-state index is 11.4. The summed E-state index contributed by atoms with van der Waals surface area (Å²) in [5.41, 5.74) is -0.836. The fraction of sp³-hybridized carbons (Fsp3) is 0.909. The van der Waals surface area contributed by atoms with Gasteiger partial charge in [-0.15, -0.1) is 0 Å². The quantitative estimate of drug-likeness (QED) is 0.656. The molecule has 0 aliphatic carbocycles. The first-order chi connectivity index (χ1) is 7.64. The minimum Gasteiger partial charge on any atom is -0.480 e. The number of nitrogens with one attached hydrogen (secondary N) is 1. The standard InChI is InChI=1S/C11H21NO4/c1-3-9-8-11(10(13)14,4-6-16-9)12-5-7-15-2/h9,12H,3-8H2,1-2H3,(H,13,14). The van der Waals surface area contributed by atoms with E-state index in [-0.39, 0.29) is 6.10 Å². The zero-order chi connectivity index (χ0) is 12.0. The summed E-state index contributed by atoms with van der Waals surface area (Å²) in [6, 6.07) is 0. The molecule has 2 N–H and O–H groups in total. The Bertz CT molecular complexity index is 234. The maximum Gasteiger partial charge on any atom is 0.324 e. The normalized spacial score (nSPS) is 30.2. The lowest BCUT2D eigenvalue weighted by atomic mass is 9.86. The van der Waals surface area contributed by atoms with Crippen LogP contribution in [0.1, 0.15) is 26.2 Å². The van der Waals surface area contributed by atoms with E-state index in [1.54, 1.807) is 7.11 Å². The predicted octanol–water partition coefficient (Wildman–Crippen LogP) is 0.635. The molecule has 94 valence electrons. The molecule has 0 spiro atoms. The molecular weight excluding hydrogens is 210 g/mol. The second kappa shape index (κ2) is 6.18. The van der Waals surface area contributed by atoms with E-state index in [0.717, 1.165) is 6.42 Å². The number of hydrogen-bond donors (Lipinski definition) is 2. The molecule has 0 amide bonds. The SMILES string of the molecule is CCC1CC(NCCOC)(C(=O)O)CCO1. The van der Waals surface area contributed by atoms with Crippen molar-refractivity contribution in [3.8, 4) is 0 Å². The van der Waals surface area contributed by atoms with Crippen molar-refractivity contribution in [3.63, 3.8) is 0 Å². The number of carboxylic acids is 1. The molecule has 5 nitrogen and oxygen atoms in total. The van der Waals surface area contributed by atoms with E-state index in [1.165, 1.54) is 0 Å². The summed E-state index contributed by atoms with van der Waals surface area (Å²) in [5, 5.41) is 12.4. The van der Waals surface area contributed by atoms with Gasteiger partial charge in [-0.25, -0.2) is 0 Å². The van der Waals surface area contributed by atoms with E-state index in [1.807, 2.05) is 6.92 Å². The van der Waals surface area contributed by atoms with Gasteiger partial charge < -0.3 is 14.6 Å². The van der Waals surface area contributed by atoms with E-state index in [0.29, 0.717) is 32.6 Å². The molecule has 1 saturated heterocycles. The van der Waals surface area contributed by atoms with Gasteiger partial charge in [0.1, 0.15) is 5.54 Å². The van der Waals surface area contributed by atoms with E-state index in [4.69, 9.17) is 9.47 Å². The van der Waals surface area contributed by atoms with Gasteiger partial charge in [-0.3, -0.25) is 10.1 Å². The van der Waals surface area contributed by atoms with E-state index >= 15 is 0 Å². The summed E-state index contributed by atoms with van der Waals surface area (Å²) in [7, 11) is 1.61. The molecule has 2 unspecified atom stereocenters. The second-order valence-electron chi connectivity index (χ2n) is 4.16. The third kappa shape index (κ3) is 3.17. The molecule has 1 aliphatic rings. The number of carboxylic acid groups (broad SMARTS) is 1. The minimum absolute atomic E-state index is 0.0416. The van der Waals surface area contributed by atoms with Crippen molar-refractivity contribution in [3.05, 3.63) is 0 Å². The highest BCUT2D eigenvalue weighted by molar-refractivity contribution is 5.79. The first-order valence-corrected chi connectivity index (χ1v) is 5.73. The fourth-order valence-corrected chi connectivity index (χ4v) is 2.03. The molecule has 16 heavy (non-hydrogen) atoms. The van der Waals surface area contributed by atoms with Gasteiger partial charge in [-0.2, -0.15) is 0 Å². The van der Waals surface area contributed by atoms with Crippen molar-refractivity contribution in [1.29, 1.82) is 0 Å². The van der Waals surface area contributed by atoms with E-state index < -0.39 is 11.5 Å². The van der Waals surface area contributed by atoms with Crippen LogP contribution >= 0.6 is 0 Å². The summed E-state index contributed by atoms with van der Waals surface area (Å²) in [4.78, 5) is 11.4. The summed E-state index contributed by atoms with van der Waals surface area (Å²) in [6.45, 7) is 3.59. The third-order valence-corrected chi connectivity index (χ3v) is 3.09. The molecule has 5 heteroatoms. The molecule has 0 aromatic rings. The van der Waals surface area contributed by atoms with Crippen LogP contribution < -0.4 is 5.32 Å². The van der Waals surface area contributed by atoms with Crippen LogP contribution in [-0.2, 0) is 14.3 Å². The van der Waals surface area contributed by atoms with Crippen LogP contribution in [0.2, 0.25) is 0 Å². The Morgan fingerprint density at radius 2 is 2.44 bits per heavy atom. The van der Waals surface area contributed by atoms with Crippen molar-refractivity contribution >= 4 is 5.97 Å². The lowest BCUT2D eigenvalue weighted by Crippen LogP contribution is -2.58. The van der Waals surface area contributed by atoms with Gasteiger partial charge in [0.05, 0.1) is 12.7 Å². The summed E-state index contributed by atoms with van der Waals surface area (Å²) in [5.74, 6) is -0.787. The molecule has 1 rings (SSSR count). The Kier molecular flexibility index (Phi) is 5.18. The zero-order valence-corrected chi connectivity index (χ0v) is 9.99. The van der Waals surface area contributed by atoms with Crippen molar-refractivity contribution < 1.29 is 19.4 Å².